The number of aromatic nitrogens is 2. The van der Waals surface area contributed by atoms with E-state index in [4.69, 9.17) is 0 Å². The molecule has 0 N–H and O–H groups in total. The lowest BCUT2D eigenvalue weighted by atomic mass is 9.87. The maximum Gasteiger partial charge on any atom is 0.293 e. The van der Waals surface area contributed by atoms with E-state index in [2.05, 4.69) is 5.10 Å². The quantitative estimate of drug-likeness (QED) is 0.479. The summed E-state index contributed by atoms with van der Waals surface area (Å²) in [5.74, 6) is -0.109. The van der Waals surface area contributed by atoms with Crippen molar-refractivity contribution in [2.75, 3.05) is 0 Å². The van der Waals surface area contributed by atoms with Gasteiger partial charge in [-0.1, -0.05) is 42.5 Å². The first kappa shape index (κ1) is 14.6. The van der Waals surface area contributed by atoms with E-state index in [0.29, 0.717) is 33.3 Å². The molecule has 2 aromatic heterocycles. The Hall–Kier alpha value is -2.77. The number of nitrogens with zero attached hydrogens (tertiary/aromatic N) is 2. The molecule has 0 fully saturated rings. The van der Waals surface area contributed by atoms with Crippen LogP contribution in [0.15, 0.2) is 64.2 Å². The highest BCUT2D eigenvalue weighted by molar-refractivity contribution is 7.92. The lowest BCUT2D eigenvalue weighted by Crippen LogP contribution is -2.13. The summed E-state index contributed by atoms with van der Waals surface area (Å²) in [5.41, 5.74) is 2.64. The highest BCUT2D eigenvalue weighted by Gasteiger charge is 2.31. The molecule has 1 aliphatic carbocycles. The summed E-state index contributed by atoms with van der Waals surface area (Å²) < 4.78 is 27.2. The number of rotatable bonds is 2. The molecule has 2 heterocycles. The third kappa shape index (κ3) is 1.85. The molecule has 0 saturated heterocycles. The number of fused-ring (bicyclic) bond motifs is 2. The number of hydrogen-bond acceptors (Lipinski definition) is 5. The number of ketones is 1. The maximum absolute atomic E-state index is 13.0. The van der Waals surface area contributed by atoms with Crippen LogP contribution >= 0.6 is 11.3 Å². The number of hydrogen-bond donors (Lipinski definition) is 0. The summed E-state index contributed by atoms with van der Waals surface area (Å²) >= 11 is 1.14. The summed E-state index contributed by atoms with van der Waals surface area (Å²) in [6.07, 6.45) is 0. The summed E-state index contributed by atoms with van der Waals surface area (Å²) in [4.78, 5) is 12.8. The predicted molar refractivity (Wildman–Crippen MR) is 95.5 cm³/mol. The van der Waals surface area contributed by atoms with Crippen molar-refractivity contribution in [1.82, 2.24) is 9.19 Å². The molecule has 1 aliphatic rings. The van der Waals surface area contributed by atoms with Gasteiger partial charge in [-0.15, -0.1) is 11.3 Å². The molecule has 0 bridgehead atoms. The van der Waals surface area contributed by atoms with Gasteiger partial charge in [0.25, 0.3) is 10.0 Å². The molecule has 5 rings (SSSR count). The normalized spacial score (nSPS) is 13.2. The number of benzene rings is 2. The lowest BCUT2D eigenvalue weighted by Gasteiger charge is -2.13. The van der Waals surface area contributed by atoms with Crippen molar-refractivity contribution in [1.29, 1.82) is 0 Å². The van der Waals surface area contributed by atoms with Crippen LogP contribution in [0.3, 0.4) is 0 Å². The topological polar surface area (TPSA) is 69.0 Å². The molecular weight excluding hydrogens is 356 g/mol. The zero-order valence-corrected chi connectivity index (χ0v) is 14.3. The lowest BCUT2D eigenvalue weighted by molar-refractivity contribution is 0.104. The van der Waals surface area contributed by atoms with E-state index in [-0.39, 0.29) is 9.99 Å². The van der Waals surface area contributed by atoms with E-state index in [1.54, 1.807) is 53.9 Å². The molecule has 0 aliphatic heterocycles. The van der Waals surface area contributed by atoms with E-state index in [0.717, 1.165) is 15.4 Å². The van der Waals surface area contributed by atoms with Crippen molar-refractivity contribution in [3.63, 3.8) is 0 Å². The van der Waals surface area contributed by atoms with Gasteiger partial charge in [-0.3, -0.25) is 4.79 Å². The van der Waals surface area contributed by atoms with Crippen LogP contribution in [0.5, 0.6) is 0 Å². The van der Waals surface area contributed by atoms with E-state index in [9.17, 15) is 13.2 Å². The van der Waals surface area contributed by atoms with Gasteiger partial charge in [0, 0.05) is 22.1 Å². The maximum atomic E-state index is 13.0. The molecule has 0 atom stereocenters. The fourth-order valence-corrected chi connectivity index (χ4v) is 5.57. The zero-order chi connectivity index (χ0) is 17.2. The van der Waals surface area contributed by atoms with Crippen molar-refractivity contribution in [2.24, 2.45) is 0 Å². The van der Waals surface area contributed by atoms with Crippen molar-refractivity contribution < 1.29 is 13.2 Å². The smallest absolute Gasteiger partial charge is 0.289 e. The summed E-state index contributed by atoms with van der Waals surface area (Å²) in [6, 6.07) is 15.5. The first-order chi connectivity index (χ1) is 12.1. The molecule has 7 heteroatoms. The van der Waals surface area contributed by atoms with Gasteiger partial charge in [0.1, 0.15) is 9.90 Å². The number of carbonyl (C=O) groups excluding carboxylic acids is 1. The molecule has 122 valence electrons. The van der Waals surface area contributed by atoms with Gasteiger partial charge in [-0.2, -0.15) is 17.6 Å². The highest BCUT2D eigenvalue weighted by Crippen LogP contribution is 2.39. The zero-order valence-electron chi connectivity index (χ0n) is 12.7. The molecule has 2 aromatic carbocycles. The number of carbonyl (C=O) groups is 1. The van der Waals surface area contributed by atoms with Crippen LogP contribution in [0.4, 0.5) is 0 Å². The van der Waals surface area contributed by atoms with Gasteiger partial charge < -0.3 is 0 Å². The SMILES string of the molecule is O=C1c2ccccc2-c2nn(S(=O)(=O)c3cccs3)c3cccc1c23. The summed E-state index contributed by atoms with van der Waals surface area (Å²) in [6.45, 7) is 0. The van der Waals surface area contributed by atoms with Crippen molar-refractivity contribution in [3.8, 4) is 11.3 Å². The molecule has 0 radical (unpaired) electrons. The molecule has 0 unspecified atom stereocenters. The fraction of sp³-hybridized carbons (Fsp3) is 0. The monoisotopic (exact) mass is 366 g/mol. The van der Waals surface area contributed by atoms with Crippen molar-refractivity contribution in [3.05, 3.63) is 71.1 Å². The largest absolute Gasteiger partial charge is 0.293 e. The van der Waals surface area contributed by atoms with Crippen LogP contribution in [0.1, 0.15) is 15.9 Å². The highest BCUT2D eigenvalue weighted by atomic mass is 32.2. The Labute approximate surface area is 147 Å². The Morgan fingerprint density at radius 3 is 2.40 bits per heavy atom. The van der Waals surface area contributed by atoms with Gasteiger partial charge >= 0.3 is 0 Å². The molecule has 25 heavy (non-hydrogen) atoms. The third-order valence-electron chi connectivity index (χ3n) is 4.32. The van der Waals surface area contributed by atoms with Crippen molar-refractivity contribution >= 4 is 38.0 Å². The second kappa shape index (κ2) is 4.87. The van der Waals surface area contributed by atoms with Gasteiger partial charge in [0.2, 0.25) is 0 Å². The third-order valence-corrected chi connectivity index (χ3v) is 7.28. The van der Waals surface area contributed by atoms with Crippen LogP contribution in [-0.4, -0.2) is 23.4 Å². The van der Waals surface area contributed by atoms with Crippen molar-refractivity contribution in [2.45, 2.75) is 4.21 Å². The van der Waals surface area contributed by atoms with Gasteiger partial charge in [0.15, 0.2) is 5.78 Å². The summed E-state index contributed by atoms with van der Waals surface area (Å²) in [5, 5.41) is 6.71. The predicted octanol–water partition coefficient (Wildman–Crippen LogP) is 3.55. The van der Waals surface area contributed by atoms with E-state index in [1.807, 2.05) is 6.07 Å². The molecule has 4 aromatic rings. The van der Waals surface area contributed by atoms with E-state index >= 15 is 0 Å². The molecular formula is C18H10N2O3S2. The Kier molecular flexibility index (Phi) is 2.84. The average Bonchev–Trinajstić information content (AvgIpc) is 3.29. The van der Waals surface area contributed by atoms with Crippen LogP contribution in [-0.2, 0) is 10.0 Å². The van der Waals surface area contributed by atoms with Crippen LogP contribution in [0.2, 0.25) is 0 Å². The second-order valence-corrected chi connectivity index (χ2v) is 8.65. The molecule has 0 amide bonds. The minimum Gasteiger partial charge on any atom is -0.289 e. The molecule has 5 nitrogen and oxygen atoms in total. The minimum absolute atomic E-state index is 0.109. The first-order valence-electron chi connectivity index (χ1n) is 7.54. The Bertz CT molecular complexity index is 1270. The Morgan fingerprint density at radius 1 is 0.880 bits per heavy atom. The standard InChI is InChI=1S/C18H10N2O3S2/c21-18-12-6-2-1-5-11(12)17-16-13(18)7-3-8-14(16)20(19-17)25(22,23)15-9-4-10-24-15/h1-10H. The van der Waals surface area contributed by atoms with Gasteiger partial charge in [-0.05, 0) is 17.5 Å². The first-order valence-corrected chi connectivity index (χ1v) is 9.86. The molecule has 0 saturated carbocycles. The van der Waals surface area contributed by atoms with Crippen LogP contribution in [0.25, 0.3) is 22.2 Å². The average molecular weight is 366 g/mol. The second-order valence-electron chi connectivity index (χ2n) is 5.70. The Morgan fingerprint density at radius 2 is 1.64 bits per heavy atom. The number of thiophene rings is 1. The van der Waals surface area contributed by atoms with Crippen LogP contribution in [0, 0.1) is 0 Å². The molecule has 0 spiro atoms. The fourth-order valence-electron chi connectivity index (χ4n) is 3.23. The Balaban J connectivity index is 1.93. The van der Waals surface area contributed by atoms with E-state index < -0.39 is 10.0 Å². The van der Waals surface area contributed by atoms with Crippen LogP contribution < -0.4 is 0 Å². The van der Waals surface area contributed by atoms with E-state index in [1.165, 1.54) is 0 Å². The van der Waals surface area contributed by atoms with Gasteiger partial charge in [-0.25, -0.2) is 0 Å². The summed E-state index contributed by atoms with van der Waals surface area (Å²) in [7, 11) is -3.81. The minimum atomic E-state index is -3.81. The van der Waals surface area contributed by atoms with Gasteiger partial charge in [0.05, 0.1) is 5.52 Å².